The number of nitrogens with one attached hydrogen (secondary N) is 1. The van der Waals surface area contributed by atoms with Gasteiger partial charge >= 0.3 is 5.97 Å². The fourth-order valence-electron chi connectivity index (χ4n) is 2.27. The molecule has 0 radical (unpaired) electrons. The normalized spacial score (nSPS) is 17.7. The molecule has 1 heterocycles. The molecule has 1 aliphatic carbocycles. The lowest BCUT2D eigenvalue weighted by Crippen LogP contribution is -2.39. The molecule has 0 amide bonds. The highest BCUT2D eigenvalue weighted by atomic mass is 35.5. The first-order valence-corrected chi connectivity index (χ1v) is 6.22. The molecule has 1 aromatic heterocycles. The third-order valence-corrected chi connectivity index (χ3v) is 3.62. The summed E-state index contributed by atoms with van der Waals surface area (Å²) in [4.78, 5) is 14.8. The van der Waals surface area contributed by atoms with Crippen molar-refractivity contribution in [1.29, 1.82) is 0 Å². The van der Waals surface area contributed by atoms with Crippen molar-refractivity contribution >= 4 is 23.4 Å². The minimum atomic E-state index is -1.06. The lowest BCUT2D eigenvalue weighted by Gasteiger charge is -2.29. The van der Waals surface area contributed by atoms with Gasteiger partial charge in [0.15, 0.2) is 0 Å². The summed E-state index contributed by atoms with van der Waals surface area (Å²) >= 11 is 6.00. The topological polar surface area (TPSA) is 82.5 Å². The molecule has 3 N–H and O–H groups in total. The molecule has 1 fully saturated rings. The van der Waals surface area contributed by atoms with E-state index in [2.05, 4.69) is 10.3 Å². The van der Waals surface area contributed by atoms with Crippen LogP contribution in [0.15, 0.2) is 12.3 Å². The van der Waals surface area contributed by atoms with Crippen LogP contribution in [0.1, 0.15) is 36.0 Å². The number of aromatic nitrogens is 1. The molecular weight excluding hydrogens is 256 g/mol. The van der Waals surface area contributed by atoms with Crippen molar-refractivity contribution in [2.75, 3.05) is 11.9 Å². The zero-order valence-electron chi connectivity index (χ0n) is 9.82. The van der Waals surface area contributed by atoms with Gasteiger partial charge in [0.2, 0.25) is 0 Å². The largest absolute Gasteiger partial charge is 0.478 e. The number of hydrogen-bond acceptors (Lipinski definition) is 4. The summed E-state index contributed by atoms with van der Waals surface area (Å²) in [6, 6.07) is 1.36. The average Bonchev–Trinajstić information content (AvgIpc) is 2.81. The minimum absolute atomic E-state index is 0.0195. The number of pyridine rings is 1. The maximum Gasteiger partial charge on any atom is 0.337 e. The molecule has 0 aliphatic heterocycles. The maximum absolute atomic E-state index is 10.8. The summed E-state index contributed by atoms with van der Waals surface area (Å²) in [6.45, 7) is 0.0195. The summed E-state index contributed by atoms with van der Waals surface area (Å²) in [7, 11) is 0. The van der Waals surface area contributed by atoms with Crippen LogP contribution < -0.4 is 5.32 Å². The number of nitrogens with zero attached hydrogens (tertiary/aromatic N) is 1. The molecule has 1 aliphatic rings. The monoisotopic (exact) mass is 270 g/mol. The quantitative estimate of drug-likeness (QED) is 0.781. The summed E-state index contributed by atoms with van der Waals surface area (Å²) in [5, 5.41) is 21.7. The number of carboxylic acids is 1. The number of anilines is 1. The van der Waals surface area contributed by atoms with E-state index in [9.17, 15) is 9.90 Å². The van der Waals surface area contributed by atoms with E-state index in [0.29, 0.717) is 5.82 Å². The molecule has 2 rings (SSSR count). The Morgan fingerprint density at radius 2 is 2.17 bits per heavy atom. The van der Waals surface area contributed by atoms with Crippen molar-refractivity contribution in [3.05, 3.63) is 22.8 Å². The molecule has 1 saturated carbocycles. The average molecular weight is 271 g/mol. The molecule has 0 aromatic carbocycles. The lowest BCUT2D eigenvalue weighted by atomic mass is 9.99. The molecule has 1 aromatic rings. The smallest absolute Gasteiger partial charge is 0.337 e. The molecule has 5 nitrogen and oxygen atoms in total. The van der Waals surface area contributed by atoms with Crippen LogP contribution in [0.4, 0.5) is 5.82 Å². The number of aromatic carboxylic acids is 1. The Bertz CT molecular complexity index is 459. The molecule has 0 unspecified atom stereocenters. The second-order valence-electron chi connectivity index (χ2n) is 4.63. The summed E-state index contributed by atoms with van der Waals surface area (Å²) in [6.07, 6.45) is 5.09. The first kappa shape index (κ1) is 13.1. The molecule has 98 valence electrons. The molecule has 0 saturated heterocycles. The Morgan fingerprint density at radius 3 is 2.67 bits per heavy atom. The Hall–Kier alpha value is -1.33. The van der Waals surface area contributed by atoms with Crippen LogP contribution in [0.3, 0.4) is 0 Å². The van der Waals surface area contributed by atoms with Crippen LogP contribution in [0.25, 0.3) is 0 Å². The van der Waals surface area contributed by atoms with Crippen LogP contribution in [-0.2, 0) is 0 Å². The van der Waals surface area contributed by atoms with Gasteiger partial charge in [0.25, 0.3) is 0 Å². The molecule has 18 heavy (non-hydrogen) atoms. The Balaban J connectivity index is 2.21. The lowest BCUT2D eigenvalue weighted by molar-refractivity contribution is 0.0696. The fourth-order valence-corrected chi connectivity index (χ4v) is 2.49. The van der Waals surface area contributed by atoms with E-state index >= 15 is 0 Å². The van der Waals surface area contributed by atoms with Crippen molar-refractivity contribution in [2.45, 2.75) is 31.2 Å². The number of halogens is 1. The van der Waals surface area contributed by atoms with Crippen LogP contribution in [-0.4, -0.2) is 33.3 Å². The van der Waals surface area contributed by atoms with Crippen molar-refractivity contribution in [3.63, 3.8) is 0 Å². The molecule has 0 bridgehead atoms. The number of carbonyl (C=O) groups is 1. The van der Waals surface area contributed by atoms with E-state index in [-0.39, 0.29) is 22.7 Å². The zero-order valence-corrected chi connectivity index (χ0v) is 10.6. The van der Waals surface area contributed by atoms with Gasteiger partial charge in [-0.25, -0.2) is 9.78 Å². The van der Waals surface area contributed by atoms with Gasteiger partial charge in [0, 0.05) is 6.20 Å². The molecule has 0 spiro atoms. The van der Waals surface area contributed by atoms with Gasteiger partial charge in [-0.2, -0.15) is 0 Å². The van der Waals surface area contributed by atoms with Gasteiger partial charge in [-0.1, -0.05) is 24.4 Å². The second-order valence-corrected chi connectivity index (χ2v) is 5.04. The standard InChI is InChI=1S/C12H15ClN2O3/c13-9-5-8(11(17)18)6-14-10(9)15-12(7-16)3-1-2-4-12/h5-6,16H,1-4,7H2,(H,14,15)(H,17,18). The molecule has 6 heteroatoms. The van der Waals surface area contributed by atoms with Crippen LogP contribution in [0.5, 0.6) is 0 Å². The third-order valence-electron chi connectivity index (χ3n) is 3.34. The number of rotatable bonds is 4. The Morgan fingerprint density at radius 1 is 1.50 bits per heavy atom. The summed E-state index contributed by atoms with van der Waals surface area (Å²) in [5.74, 6) is -0.633. The van der Waals surface area contributed by atoms with Crippen molar-refractivity contribution in [2.24, 2.45) is 0 Å². The first-order valence-electron chi connectivity index (χ1n) is 5.84. The van der Waals surface area contributed by atoms with E-state index in [0.717, 1.165) is 25.7 Å². The van der Waals surface area contributed by atoms with Gasteiger partial charge in [-0.05, 0) is 18.9 Å². The predicted molar refractivity (Wildman–Crippen MR) is 68.1 cm³/mol. The van der Waals surface area contributed by atoms with Crippen LogP contribution in [0, 0.1) is 0 Å². The summed E-state index contributed by atoms with van der Waals surface area (Å²) in [5.41, 5.74) is -0.323. The van der Waals surface area contributed by atoms with Gasteiger partial charge in [0.1, 0.15) is 5.82 Å². The fraction of sp³-hybridized carbons (Fsp3) is 0.500. The van der Waals surface area contributed by atoms with Gasteiger partial charge in [-0.15, -0.1) is 0 Å². The third kappa shape index (κ3) is 2.57. The van der Waals surface area contributed by atoms with Crippen molar-refractivity contribution in [1.82, 2.24) is 4.98 Å². The van der Waals surface area contributed by atoms with Gasteiger partial charge in [-0.3, -0.25) is 0 Å². The van der Waals surface area contributed by atoms with Gasteiger partial charge in [0.05, 0.1) is 22.7 Å². The number of hydrogen-bond donors (Lipinski definition) is 3. The summed E-state index contributed by atoms with van der Waals surface area (Å²) < 4.78 is 0. The predicted octanol–water partition coefficient (Wildman–Crippen LogP) is 2.15. The number of carboxylic acid groups (broad SMARTS) is 1. The van der Waals surface area contributed by atoms with E-state index in [1.165, 1.54) is 12.3 Å². The van der Waals surface area contributed by atoms with E-state index in [1.807, 2.05) is 0 Å². The first-order chi connectivity index (χ1) is 8.56. The van der Waals surface area contributed by atoms with E-state index in [4.69, 9.17) is 16.7 Å². The van der Waals surface area contributed by atoms with Crippen LogP contribution in [0.2, 0.25) is 5.02 Å². The van der Waals surface area contributed by atoms with E-state index in [1.54, 1.807) is 0 Å². The number of aliphatic hydroxyl groups is 1. The highest BCUT2D eigenvalue weighted by Crippen LogP contribution is 2.34. The molecular formula is C12H15ClN2O3. The highest BCUT2D eigenvalue weighted by molar-refractivity contribution is 6.33. The van der Waals surface area contributed by atoms with Crippen LogP contribution >= 0.6 is 11.6 Å². The Labute approximate surface area is 110 Å². The van der Waals surface area contributed by atoms with Crippen molar-refractivity contribution < 1.29 is 15.0 Å². The maximum atomic E-state index is 10.8. The number of aliphatic hydroxyl groups excluding tert-OH is 1. The SMILES string of the molecule is O=C(O)c1cnc(NC2(CO)CCCC2)c(Cl)c1. The van der Waals surface area contributed by atoms with Gasteiger partial charge < -0.3 is 15.5 Å². The highest BCUT2D eigenvalue weighted by Gasteiger charge is 2.33. The Kier molecular flexibility index (Phi) is 3.73. The van der Waals surface area contributed by atoms with E-state index < -0.39 is 5.97 Å². The molecule has 0 atom stereocenters. The minimum Gasteiger partial charge on any atom is -0.478 e. The zero-order chi connectivity index (χ0) is 13.2. The second kappa shape index (κ2) is 5.12. The van der Waals surface area contributed by atoms with Crippen molar-refractivity contribution in [3.8, 4) is 0 Å².